The van der Waals surface area contributed by atoms with Crippen molar-refractivity contribution in [1.29, 1.82) is 0 Å². The number of ether oxygens (including phenoxy) is 1. The molecule has 2 atom stereocenters. The van der Waals surface area contributed by atoms with Gasteiger partial charge >= 0.3 is 11.9 Å². The maximum Gasteiger partial charge on any atom is 0.337 e. The summed E-state index contributed by atoms with van der Waals surface area (Å²) in [4.78, 5) is 35.9. The highest BCUT2D eigenvalue weighted by Crippen LogP contribution is 2.10. The van der Waals surface area contributed by atoms with Crippen LogP contribution in [0.1, 0.15) is 27.1 Å². The molecule has 0 radical (unpaired) electrons. The molecule has 0 spiro atoms. The van der Waals surface area contributed by atoms with Crippen LogP contribution in [0.2, 0.25) is 0 Å². The number of carboxylic acid groups (broad SMARTS) is 1. The standard InChI is InChI=1S/C19H19NO6S/c1-26-19(24)14-7-5-6-13(12-14)17(21)20-16(18(22)23)10-11-27(25)15-8-3-2-4-9-15/h2-9,12,16H,10-11H2,1H3,(H,20,21)(H,22,23)/t16-,27-/m0/s1. The van der Waals surface area contributed by atoms with Crippen LogP contribution in [-0.2, 0) is 20.3 Å². The Labute approximate surface area is 158 Å². The minimum absolute atomic E-state index is 0.000723. The van der Waals surface area contributed by atoms with Crippen LogP contribution in [0.4, 0.5) is 0 Å². The van der Waals surface area contributed by atoms with Crippen molar-refractivity contribution in [2.75, 3.05) is 12.9 Å². The van der Waals surface area contributed by atoms with Gasteiger partial charge in [0.2, 0.25) is 0 Å². The van der Waals surface area contributed by atoms with Crippen LogP contribution in [0.15, 0.2) is 59.5 Å². The van der Waals surface area contributed by atoms with Gasteiger partial charge in [-0.25, -0.2) is 9.59 Å². The van der Waals surface area contributed by atoms with E-state index < -0.39 is 34.7 Å². The SMILES string of the molecule is COC(=O)c1cccc(C(=O)N[C@@H](CC[S@](=O)c2ccccc2)C(=O)O)c1. The molecule has 2 N–H and O–H groups in total. The van der Waals surface area contributed by atoms with E-state index in [-0.39, 0.29) is 23.3 Å². The lowest BCUT2D eigenvalue weighted by Crippen LogP contribution is -2.41. The summed E-state index contributed by atoms with van der Waals surface area (Å²) in [6.07, 6.45) is -0.000723. The second kappa shape index (κ2) is 9.63. The molecule has 7 nitrogen and oxygen atoms in total. The molecule has 0 bridgehead atoms. The van der Waals surface area contributed by atoms with Gasteiger partial charge in [-0.3, -0.25) is 9.00 Å². The van der Waals surface area contributed by atoms with Crippen molar-refractivity contribution in [3.8, 4) is 0 Å². The highest BCUT2D eigenvalue weighted by Gasteiger charge is 2.22. The Morgan fingerprint density at radius 2 is 1.74 bits per heavy atom. The molecule has 0 unspecified atom stereocenters. The summed E-state index contributed by atoms with van der Waals surface area (Å²) >= 11 is 0. The Bertz CT molecular complexity index is 852. The highest BCUT2D eigenvalue weighted by molar-refractivity contribution is 7.85. The number of carbonyl (C=O) groups is 3. The predicted molar refractivity (Wildman–Crippen MR) is 99.0 cm³/mol. The van der Waals surface area contributed by atoms with E-state index in [1.807, 2.05) is 0 Å². The van der Waals surface area contributed by atoms with Crippen molar-refractivity contribution in [3.05, 3.63) is 65.7 Å². The molecule has 0 aliphatic rings. The lowest BCUT2D eigenvalue weighted by Gasteiger charge is -2.14. The highest BCUT2D eigenvalue weighted by atomic mass is 32.2. The van der Waals surface area contributed by atoms with Gasteiger partial charge in [0.1, 0.15) is 6.04 Å². The first-order valence-corrected chi connectivity index (χ1v) is 9.39. The lowest BCUT2D eigenvalue weighted by atomic mass is 10.1. The molecule has 2 aromatic rings. The first-order chi connectivity index (χ1) is 12.9. The van der Waals surface area contributed by atoms with Crippen molar-refractivity contribution in [2.45, 2.75) is 17.4 Å². The molecule has 1 amide bonds. The summed E-state index contributed by atoms with van der Waals surface area (Å²) in [5.74, 6) is -2.38. The van der Waals surface area contributed by atoms with Crippen LogP contribution >= 0.6 is 0 Å². The fourth-order valence-electron chi connectivity index (χ4n) is 2.32. The van der Waals surface area contributed by atoms with Gasteiger partial charge < -0.3 is 15.2 Å². The molecule has 0 aliphatic heterocycles. The zero-order chi connectivity index (χ0) is 19.8. The summed E-state index contributed by atoms with van der Waals surface area (Å²) in [5, 5.41) is 11.7. The molecule has 0 heterocycles. The normalized spacial score (nSPS) is 12.6. The smallest absolute Gasteiger partial charge is 0.337 e. The van der Waals surface area contributed by atoms with Crippen molar-refractivity contribution >= 4 is 28.6 Å². The van der Waals surface area contributed by atoms with Crippen LogP contribution in [0.3, 0.4) is 0 Å². The molecular formula is C19H19NO6S. The van der Waals surface area contributed by atoms with E-state index in [4.69, 9.17) is 0 Å². The van der Waals surface area contributed by atoms with E-state index in [0.717, 1.165) is 0 Å². The Hall–Kier alpha value is -3.00. The summed E-state index contributed by atoms with van der Waals surface area (Å²) in [6.45, 7) is 0. The number of benzene rings is 2. The second-order valence-electron chi connectivity index (χ2n) is 5.59. The number of aliphatic carboxylic acids is 1. The third-order valence-electron chi connectivity index (χ3n) is 3.75. The molecule has 2 aromatic carbocycles. The zero-order valence-corrected chi connectivity index (χ0v) is 15.4. The molecule has 142 valence electrons. The fraction of sp³-hybridized carbons (Fsp3) is 0.211. The Morgan fingerprint density at radius 1 is 1.07 bits per heavy atom. The number of esters is 1. The number of hydrogen-bond acceptors (Lipinski definition) is 5. The van der Waals surface area contributed by atoms with Crippen LogP contribution in [-0.4, -0.2) is 46.1 Å². The number of methoxy groups -OCH3 is 1. The lowest BCUT2D eigenvalue weighted by molar-refractivity contribution is -0.139. The van der Waals surface area contributed by atoms with E-state index >= 15 is 0 Å². The quantitative estimate of drug-likeness (QED) is 0.667. The molecule has 0 fully saturated rings. The molecule has 0 saturated carbocycles. The summed E-state index contributed by atoms with van der Waals surface area (Å²) in [5.41, 5.74) is 0.315. The minimum Gasteiger partial charge on any atom is -0.480 e. The molecule has 2 rings (SSSR count). The summed E-state index contributed by atoms with van der Waals surface area (Å²) < 4.78 is 16.8. The van der Waals surface area contributed by atoms with Crippen LogP contribution < -0.4 is 5.32 Å². The van der Waals surface area contributed by atoms with E-state index in [0.29, 0.717) is 4.90 Å². The topological polar surface area (TPSA) is 110 Å². The Balaban J connectivity index is 2.03. The van der Waals surface area contributed by atoms with E-state index in [2.05, 4.69) is 10.1 Å². The average molecular weight is 389 g/mol. The van der Waals surface area contributed by atoms with Gasteiger partial charge in [-0.2, -0.15) is 0 Å². The van der Waals surface area contributed by atoms with Crippen LogP contribution in [0.5, 0.6) is 0 Å². The molecule has 0 aliphatic carbocycles. The maximum atomic E-state index is 12.3. The first-order valence-electron chi connectivity index (χ1n) is 8.08. The Morgan fingerprint density at radius 3 is 2.37 bits per heavy atom. The fourth-order valence-corrected chi connectivity index (χ4v) is 3.47. The number of carbonyl (C=O) groups excluding carboxylic acids is 2. The van der Waals surface area contributed by atoms with Crippen LogP contribution in [0.25, 0.3) is 0 Å². The Kier molecular flexibility index (Phi) is 7.25. The van der Waals surface area contributed by atoms with Gasteiger partial charge in [-0.05, 0) is 36.8 Å². The zero-order valence-electron chi connectivity index (χ0n) is 14.6. The minimum atomic E-state index is -1.37. The first kappa shape index (κ1) is 20.3. The molecule has 0 saturated heterocycles. The van der Waals surface area contributed by atoms with Gasteiger partial charge in [0, 0.05) is 16.2 Å². The van der Waals surface area contributed by atoms with E-state index in [9.17, 15) is 23.7 Å². The van der Waals surface area contributed by atoms with Crippen molar-refractivity contribution in [1.82, 2.24) is 5.32 Å². The number of nitrogens with one attached hydrogen (secondary N) is 1. The number of rotatable bonds is 8. The molecule has 27 heavy (non-hydrogen) atoms. The average Bonchev–Trinajstić information content (AvgIpc) is 2.70. The number of amides is 1. The second-order valence-corrected chi connectivity index (χ2v) is 7.16. The monoisotopic (exact) mass is 389 g/mol. The van der Waals surface area contributed by atoms with Gasteiger partial charge in [0.15, 0.2) is 0 Å². The summed E-state index contributed by atoms with van der Waals surface area (Å²) in [6, 6.07) is 13.3. The van der Waals surface area contributed by atoms with Gasteiger partial charge in [-0.1, -0.05) is 24.3 Å². The van der Waals surface area contributed by atoms with Gasteiger partial charge in [0.25, 0.3) is 5.91 Å². The molecule has 8 heteroatoms. The molecular weight excluding hydrogens is 370 g/mol. The van der Waals surface area contributed by atoms with E-state index in [1.165, 1.54) is 31.4 Å². The van der Waals surface area contributed by atoms with E-state index in [1.54, 1.807) is 30.3 Å². The van der Waals surface area contributed by atoms with Crippen molar-refractivity contribution in [2.24, 2.45) is 0 Å². The maximum absolute atomic E-state index is 12.3. The molecule has 0 aromatic heterocycles. The van der Waals surface area contributed by atoms with Crippen LogP contribution in [0, 0.1) is 0 Å². The van der Waals surface area contributed by atoms with Gasteiger partial charge in [0.05, 0.1) is 23.5 Å². The number of carboxylic acids is 1. The van der Waals surface area contributed by atoms with Crippen molar-refractivity contribution in [3.63, 3.8) is 0 Å². The van der Waals surface area contributed by atoms with Crippen molar-refractivity contribution < 1.29 is 28.4 Å². The number of hydrogen-bond donors (Lipinski definition) is 2. The largest absolute Gasteiger partial charge is 0.480 e. The third kappa shape index (κ3) is 5.75. The predicted octanol–water partition coefficient (Wildman–Crippen LogP) is 1.85. The summed E-state index contributed by atoms with van der Waals surface area (Å²) in [7, 11) is -0.142. The third-order valence-corrected chi connectivity index (χ3v) is 5.15. The van der Waals surface area contributed by atoms with Gasteiger partial charge in [-0.15, -0.1) is 0 Å².